The van der Waals surface area contributed by atoms with Crippen LogP contribution in [0.5, 0.6) is 0 Å². The number of rotatable bonds is 1. The van der Waals surface area contributed by atoms with Gasteiger partial charge in [-0.05, 0) is 18.9 Å². The monoisotopic (exact) mass is 272 g/mol. The maximum absolute atomic E-state index is 14.1. The van der Waals surface area contributed by atoms with E-state index in [-0.39, 0.29) is 5.82 Å². The summed E-state index contributed by atoms with van der Waals surface area (Å²) >= 11 is 0. The van der Waals surface area contributed by atoms with Crippen LogP contribution < -0.4 is 0 Å². The first-order valence-electron chi connectivity index (χ1n) is 6.63. The van der Waals surface area contributed by atoms with E-state index in [2.05, 4.69) is 40.7 Å². The lowest BCUT2D eigenvalue weighted by molar-refractivity contribution is 0.624. The molecule has 0 amide bonds. The third kappa shape index (κ3) is 2.57. The van der Waals surface area contributed by atoms with Gasteiger partial charge in [0.1, 0.15) is 13.9 Å². The second-order valence-corrected chi connectivity index (χ2v) is 11.0. The first-order chi connectivity index (χ1) is 8.94. The van der Waals surface area contributed by atoms with E-state index >= 15 is 0 Å². The Bertz CT molecular complexity index is 696. The van der Waals surface area contributed by atoms with Crippen molar-refractivity contribution in [3.05, 3.63) is 29.8 Å². The van der Waals surface area contributed by atoms with Gasteiger partial charge in [0, 0.05) is 12.1 Å². The highest BCUT2D eigenvalue weighted by atomic mass is 28.3. The van der Waals surface area contributed by atoms with Gasteiger partial charge in [-0.25, -0.2) is 9.37 Å². The molecule has 19 heavy (non-hydrogen) atoms. The highest BCUT2D eigenvalue weighted by Crippen LogP contribution is 2.37. The molecular weight excluding hydrogens is 255 g/mol. The topological polar surface area (TPSA) is 17.8 Å². The fourth-order valence-electron chi connectivity index (χ4n) is 2.04. The third-order valence-electron chi connectivity index (χ3n) is 3.18. The van der Waals surface area contributed by atoms with Gasteiger partial charge >= 0.3 is 0 Å². The molecule has 1 saturated carbocycles. The van der Waals surface area contributed by atoms with Gasteiger partial charge in [-0.15, -0.1) is 5.54 Å². The number of halogens is 1. The molecule has 3 rings (SSSR count). The van der Waals surface area contributed by atoms with Crippen molar-refractivity contribution in [2.75, 3.05) is 0 Å². The average molecular weight is 272 g/mol. The van der Waals surface area contributed by atoms with Gasteiger partial charge < -0.3 is 4.57 Å². The molecule has 0 saturated heterocycles. The molecule has 2 nitrogen and oxygen atoms in total. The molecule has 0 atom stereocenters. The van der Waals surface area contributed by atoms with Crippen LogP contribution in [-0.4, -0.2) is 17.6 Å². The lowest BCUT2D eigenvalue weighted by atomic mass is 10.2. The van der Waals surface area contributed by atoms with E-state index in [1.807, 2.05) is 6.33 Å². The zero-order valence-corrected chi connectivity index (χ0v) is 12.5. The number of benzene rings is 1. The second kappa shape index (κ2) is 4.21. The minimum atomic E-state index is -1.49. The molecule has 1 heterocycles. The van der Waals surface area contributed by atoms with Gasteiger partial charge in [0.2, 0.25) is 0 Å². The van der Waals surface area contributed by atoms with Crippen LogP contribution in [0, 0.1) is 17.3 Å². The van der Waals surface area contributed by atoms with E-state index in [0.29, 0.717) is 11.6 Å². The van der Waals surface area contributed by atoms with Crippen molar-refractivity contribution in [2.45, 2.75) is 38.5 Å². The molecule has 1 aromatic heterocycles. The van der Waals surface area contributed by atoms with Gasteiger partial charge in [0.25, 0.3) is 0 Å². The van der Waals surface area contributed by atoms with Gasteiger partial charge in [-0.2, -0.15) is 0 Å². The molecule has 0 bridgehead atoms. The first kappa shape index (κ1) is 12.4. The summed E-state index contributed by atoms with van der Waals surface area (Å²) in [5, 5.41) is 0. The van der Waals surface area contributed by atoms with E-state index < -0.39 is 8.07 Å². The smallest absolute Gasteiger partial charge is 0.141 e. The minimum absolute atomic E-state index is 0.236. The zero-order valence-electron chi connectivity index (χ0n) is 11.5. The van der Waals surface area contributed by atoms with Crippen LogP contribution in [0.4, 0.5) is 4.39 Å². The standard InChI is InChI=1S/C15H17FN2Si/c1-19(2,3)7-6-11-8-14-15(9-13(11)16)18(10-17-14)12-4-5-12/h8-10,12H,4-5H2,1-3H3. The van der Waals surface area contributed by atoms with E-state index in [9.17, 15) is 4.39 Å². The molecule has 0 unspecified atom stereocenters. The van der Waals surface area contributed by atoms with Gasteiger partial charge in [-0.1, -0.05) is 25.6 Å². The van der Waals surface area contributed by atoms with Crippen molar-refractivity contribution in [2.24, 2.45) is 0 Å². The van der Waals surface area contributed by atoms with E-state index in [0.717, 1.165) is 11.0 Å². The molecular formula is C15H17FN2Si. The molecule has 0 spiro atoms. The molecule has 2 aromatic rings. The van der Waals surface area contributed by atoms with Gasteiger partial charge in [0.15, 0.2) is 0 Å². The summed E-state index contributed by atoms with van der Waals surface area (Å²) in [6.45, 7) is 6.45. The predicted octanol–water partition coefficient (Wildman–Crippen LogP) is 3.74. The molecule has 1 fully saturated rings. The van der Waals surface area contributed by atoms with Crippen LogP contribution in [0.3, 0.4) is 0 Å². The highest BCUT2D eigenvalue weighted by Gasteiger charge is 2.25. The van der Waals surface area contributed by atoms with Crippen molar-refractivity contribution in [3.8, 4) is 11.5 Å². The molecule has 1 aliphatic rings. The predicted molar refractivity (Wildman–Crippen MR) is 78.2 cm³/mol. The summed E-state index contributed by atoms with van der Waals surface area (Å²) < 4.78 is 16.2. The van der Waals surface area contributed by atoms with Crippen LogP contribution in [0.25, 0.3) is 11.0 Å². The van der Waals surface area contributed by atoms with Crippen molar-refractivity contribution < 1.29 is 4.39 Å². The first-order valence-corrected chi connectivity index (χ1v) is 10.1. The number of hydrogen-bond acceptors (Lipinski definition) is 1. The number of hydrogen-bond donors (Lipinski definition) is 0. The molecule has 0 N–H and O–H groups in total. The summed E-state index contributed by atoms with van der Waals surface area (Å²) in [5.74, 6) is 2.75. The molecule has 0 radical (unpaired) electrons. The van der Waals surface area contributed by atoms with E-state index in [1.54, 1.807) is 12.1 Å². The summed E-state index contributed by atoms with van der Waals surface area (Å²) in [6.07, 6.45) is 4.16. The summed E-state index contributed by atoms with van der Waals surface area (Å²) in [5.41, 5.74) is 5.40. The number of imidazole rings is 1. The Morgan fingerprint density at radius 2 is 2.05 bits per heavy atom. The Kier molecular flexibility index (Phi) is 2.75. The molecule has 98 valence electrons. The molecule has 1 aliphatic carbocycles. The fourth-order valence-corrected chi connectivity index (χ4v) is 2.55. The molecule has 4 heteroatoms. The second-order valence-electron chi connectivity index (χ2n) is 6.20. The number of aromatic nitrogens is 2. The Hall–Kier alpha value is -1.60. The van der Waals surface area contributed by atoms with Crippen molar-refractivity contribution in [1.82, 2.24) is 9.55 Å². The zero-order chi connectivity index (χ0) is 13.6. The molecule has 1 aromatic carbocycles. The SMILES string of the molecule is C[Si](C)(C)C#Cc1cc2ncn(C3CC3)c2cc1F. The maximum Gasteiger partial charge on any atom is 0.141 e. The lowest BCUT2D eigenvalue weighted by Gasteiger charge is -2.04. The summed E-state index contributed by atoms with van der Waals surface area (Å²) in [4.78, 5) is 4.37. The van der Waals surface area contributed by atoms with E-state index in [1.165, 1.54) is 12.8 Å². The Labute approximate surface area is 113 Å². The Balaban J connectivity index is 2.07. The van der Waals surface area contributed by atoms with Crippen LogP contribution >= 0.6 is 0 Å². The normalized spacial score (nSPS) is 15.4. The van der Waals surface area contributed by atoms with Crippen LogP contribution in [0.2, 0.25) is 19.6 Å². The Morgan fingerprint density at radius 3 is 2.68 bits per heavy atom. The van der Waals surface area contributed by atoms with E-state index in [4.69, 9.17) is 0 Å². The van der Waals surface area contributed by atoms with Crippen LogP contribution in [0.1, 0.15) is 24.4 Å². The summed E-state index contributed by atoms with van der Waals surface area (Å²) in [6, 6.07) is 3.87. The van der Waals surface area contributed by atoms with Crippen LogP contribution in [-0.2, 0) is 0 Å². The third-order valence-corrected chi connectivity index (χ3v) is 4.05. The fraction of sp³-hybridized carbons (Fsp3) is 0.400. The maximum atomic E-state index is 14.1. The lowest BCUT2D eigenvalue weighted by Crippen LogP contribution is -2.16. The number of nitrogens with zero attached hydrogens (tertiary/aromatic N) is 2. The molecule has 0 aliphatic heterocycles. The summed E-state index contributed by atoms with van der Waals surface area (Å²) in [7, 11) is -1.49. The number of fused-ring (bicyclic) bond motifs is 1. The van der Waals surface area contributed by atoms with Gasteiger partial charge in [0.05, 0.1) is 22.9 Å². The highest BCUT2D eigenvalue weighted by molar-refractivity contribution is 6.83. The van der Waals surface area contributed by atoms with Crippen molar-refractivity contribution in [3.63, 3.8) is 0 Å². The van der Waals surface area contributed by atoms with Crippen LogP contribution in [0.15, 0.2) is 18.5 Å². The minimum Gasteiger partial charge on any atom is -0.327 e. The largest absolute Gasteiger partial charge is 0.327 e. The van der Waals surface area contributed by atoms with Gasteiger partial charge in [-0.3, -0.25) is 0 Å². The quantitative estimate of drug-likeness (QED) is 0.571. The average Bonchev–Trinajstić information content (AvgIpc) is 3.07. The van der Waals surface area contributed by atoms with Crippen molar-refractivity contribution in [1.29, 1.82) is 0 Å². The van der Waals surface area contributed by atoms with Crippen molar-refractivity contribution >= 4 is 19.1 Å². The Morgan fingerprint density at radius 1 is 1.32 bits per heavy atom.